The maximum atomic E-state index is 12.1. The van der Waals surface area contributed by atoms with E-state index in [0.717, 1.165) is 5.56 Å². The Hall–Kier alpha value is -3.71. The molecule has 0 fully saturated rings. The SMILES string of the molecule is C=CCOc1ccccc1/C=N/NC(=O)c1ccc(/C=C/C(=O)NO)cc1. The van der Waals surface area contributed by atoms with E-state index in [-0.39, 0.29) is 5.91 Å². The Morgan fingerprint density at radius 1 is 1.15 bits per heavy atom. The summed E-state index contributed by atoms with van der Waals surface area (Å²) >= 11 is 0. The van der Waals surface area contributed by atoms with Crippen LogP contribution in [0, 0.1) is 0 Å². The molecule has 3 N–H and O–H groups in total. The Labute approximate surface area is 156 Å². The summed E-state index contributed by atoms with van der Waals surface area (Å²) in [6.07, 6.45) is 5.82. The van der Waals surface area contributed by atoms with Gasteiger partial charge in [-0.25, -0.2) is 10.9 Å². The van der Waals surface area contributed by atoms with E-state index in [1.54, 1.807) is 36.4 Å². The molecule has 0 saturated heterocycles. The van der Waals surface area contributed by atoms with Crippen LogP contribution in [-0.4, -0.2) is 29.8 Å². The van der Waals surface area contributed by atoms with E-state index in [4.69, 9.17) is 9.94 Å². The van der Waals surface area contributed by atoms with Crippen LogP contribution in [0.3, 0.4) is 0 Å². The number of carbonyl (C=O) groups is 2. The molecule has 0 aliphatic heterocycles. The first-order chi connectivity index (χ1) is 13.1. The van der Waals surface area contributed by atoms with E-state index >= 15 is 0 Å². The molecule has 2 rings (SSSR count). The lowest BCUT2D eigenvalue weighted by molar-refractivity contribution is -0.124. The summed E-state index contributed by atoms with van der Waals surface area (Å²) in [5.41, 5.74) is 5.78. The molecule has 7 nitrogen and oxygen atoms in total. The van der Waals surface area contributed by atoms with Crippen LogP contribution < -0.4 is 15.6 Å². The smallest absolute Gasteiger partial charge is 0.271 e. The maximum absolute atomic E-state index is 12.1. The highest BCUT2D eigenvalue weighted by atomic mass is 16.5. The molecular formula is C20H19N3O4. The third-order valence-corrected chi connectivity index (χ3v) is 3.36. The van der Waals surface area contributed by atoms with Gasteiger partial charge in [0.05, 0.1) is 6.21 Å². The number of ether oxygens (including phenoxy) is 1. The molecule has 2 aromatic rings. The van der Waals surface area contributed by atoms with Crippen LogP contribution in [-0.2, 0) is 4.79 Å². The van der Waals surface area contributed by atoms with Gasteiger partial charge in [0.25, 0.3) is 11.8 Å². The zero-order valence-electron chi connectivity index (χ0n) is 14.5. The Kier molecular flexibility index (Phi) is 7.50. The van der Waals surface area contributed by atoms with Crippen LogP contribution in [0.5, 0.6) is 5.75 Å². The molecule has 0 spiro atoms. The lowest BCUT2D eigenvalue weighted by Crippen LogP contribution is -2.17. The fourth-order valence-corrected chi connectivity index (χ4v) is 2.05. The first kappa shape index (κ1) is 19.6. The number of carbonyl (C=O) groups excluding carboxylic acids is 2. The minimum Gasteiger partial charge on any atom is -0.489 e. The predicted octanol–water partition coefficient (Wildman–Crippen LogP) is 2.53. The van der Waals surface area contributed by atoms with Crippen molar-refractivity contribution in [2.24, 2.45) is 5.10 Å². The number of para-hydroxylation sites is 1. The zero-order chi connectivity index (χ0) is 19.5. The number of hydrogen-bond acceptors (Lipinski definition) is 5. The van der Waals surface area contributed by atoms with Gasteiger partial charge in [-0.3, -0.25) is 14.8 Å². The second kappa shape index (κ2) is 10.3. The van der Waals surface area contributed by atoms with Gasteiger partial charge in [0.2, 0.25) is 0 Å². The average Bonchev–Trinajstić information content (AvgIpc) is 2.71. The summed E-state index contributed by atoms with van der Waals surface area (Å²) in [5, 5.41) is 12.4. The van der Waals surface area contributed by atoms with Crippen molar-refractivity contribution < 1.29 is 19.5 Å². The molecule has 0 bridgehead atoms. The molecule has 7 heteroatoms. The summed E-state index contributed by atoms with van der Waals surface area (Å²) in [6.45, 7) is 3.98. The monoisotopic (exact) mass is 365 g/mol. The van der Waals surface area contributed by atoms with Gasteiger partial charge in [0.1, 0.15) is 12.4 Å². The lowest BCUT2D eigenvalue weighted by atomic mass is 10.1. The van der Waals surface area contributed by atoms with Crippen molar-refractivity contribution in [1.82, 2.24) is 10.9 Å². The zero-order valence-corrected chi connectivity index (χ0v) is 14.5. The van der Waals surface area contributed by atoms with Gasteiger partial charge in [-0.2, -0.15) is 5.10 Å². The van der Waals surface area contributed by atoms with E-state index in [2.05, 4.69) is 17.1 Å². The molecule has 0 aliphatic carbocycles. The van der Waals surface area contributed by atoms with Crippen LogP contribution in [0.1, 0.15) is 21.5 Å². The Morgan fingerprint density at radius 3 is 2.59 bits per heavy atom. The molecule has 27 heavy (non-hydrogen) atoms. The molecular weight excluding hydrogens is 346 g/mol. The average molecular weight is 365 g/mol. The molecule has 0 saturated carbocycles. The standard InChI is InChI=1S/C20H19N3O4/c1-2-13-27-18-6-4-3-5-17(18)14-21-22-20(25)16-10-7-15(8-11-16)9-12-19(24)23-26/h2-12,14,26H,1,13H2,(H,22,25)(H,23,24)/b12-9+,21-14+. The predicted molar refractivity (Wildman–Crippen MR) is 103 cm³/mol. The van der Waals surface area contributed by atoms with Crippen LogP contribution >= 0.6 is 0 Å². The van der Waals surface area contributed by atoms with E-state index in [1.165, 1.54) is 23.8 Å². The molecule has 138 valence electrons. The van der Waals surface area contributed by atoms with Crippen molar-refractivity contribution >= 4 is 24.1 Å². The lowest BCUT2D eigenvalue weighted by Gasteiger charge is -2.06. The van der Waals surface area contributed by atoms with Crippen LogP contribution in [0.2, 0.25) is 0 Å². The first-order valence-electron chi connectivity index (χ1n) is 8.02. The number of rotatable bonds is 8. The summed E-state index contributed by atoms with van der Waals surface area (Å²) in [7, 11) is 0. The van der Waals surface area contributed by atoms with Crippen LogP contribution in [0.25, 0.3) is 6.08 Å². The van der Waals surface area contributed by atoms with Gasteiger partial charge in [-0.1, -0.05) is 36.9 Å². The van der Waals surface area contributed by atoms with Crippen molar-refractivity contribution in [3.63, 3.8) is 0 Å². The fourth-order valence-electron chi connectivity index (χ4n) is 2.05. The van der Waals surface area contributed by atoms with Crippen LogP contribution in [0.15, 0.2) is 72.4 Å². The highest BCUT2D eigenvalue weighted by Crippen LogP contribution is 2.15. The Bertz CT molecular complexity index is 858. The number of hydroxylamine groups is 1. The molecule has 0 aromatic heterocycles. The highest BCUT2D eigenvalue weighted by molar-refractivity contribution is 5.95. The largest absolute Gasteiger partial charge is 0.489 e. The second-order valence-electron chi connectivity index (χ2n) is 5.27. The van der Waals surface area contributed by atoms with Gasteiger partial charge in [0.15, 0.2) is 0 Å². The summed E-state index contributed by atoms with van der Waals surface area (Å²) < 4.78 is 5.52. The number of hydrazone groups is 1. The molecule has 0 heterocycles. The first-order valence-corrected chi connectivity index (χ1v) is 8.02. The fraction of sp³-hybridized carbons (Fsp3) is 0.0500. The van der Waals surface area contributed by atoms with Gasteiger partial charge < -0.3 is 4.74 Å². The van der Waals surface area contributed by atoms with Crippen molar-refractivity contribution in [2.75, 3.05) is 6.61 Å². The molecule has 0 atom stereocenters. The van der Waals surface area contributed by atoms with Crippen molar-refractivity contribution in [1.29, 1.82) is 0 Å². The van der Waals surface area contributed by atoms with Crippen LogP contribution in [0.4, 0.5) is 0 Å². The number of benzene rings is 2. The second-order valence-corrected chi connectivity index (χ2v) is 5.27. The topological polar surface area (TPSA) is 100 Å². The third-order valence-electron chi connectivity index (χ3n) is 3.36. The Balaban J connectivity index is 1.97. The van der Waals surface area contributed by atoms with Gasteiger partial charge >= 0.3 is 0 Å². The van der Waals surface area contributed by atoms with Crippen molar-refractivity contribution in [3.8, 4) is 5.75 Å². The number of amides is 2. The van der Waals surface area contributed by atoms with Gasteiger partial charge in [0, 0.05) is 17.2 Å². The molecule has 0 unspecified atom stereocenters. The number of hydrogen-bond donors (Lipinski definition) is 3. The van der Waals surface area contributed by atoms with Crippen molar-refractivity contribution in [3.05, 3.63) is 84.0 Å². The number of nitrogens with zero attached hydrogens (tertiary/aromatic N) is 1. The summed E-state index contributed by atoms with van der Waals surface area (Å²) in [6, 6.07) is 13.8. The normalized spacial score (nSPS) is 10.7. The third kappa shape index (κ3) is 6.26. The van der Waals surface area contributed by atoms with Crippen molar-refractivity contribution in [2.45, 2.75) is 0 Å². The minimum absolute atomic E-state index is 0.373. The summed E-state index contributed by atoms with van der Waals surface area (Å²) in [5.74, 6) is -0.374. The van der Waals surface area contributed by atoms with Gasteiger partial charge in [-0.15, -0.1) is 0 Å². The Morgan fingerprint density at radius 2 is 1.89 bits per heavy atom. The maximum Gasteiger partial charge on any atom is 0.271 e. The molecule has 0 aliphatic rings. The van der Waals surface area contributed by atoms with Gasteiger partial charge in [-0.05, 0) is 35.9 Å². The van der Waals surface area contributed by atoms with E-state index in [0.29, 0.717) is 23.5 Å². The molecule has 2 aromatic carbocycles. The number of nitrogens with one attached hydrogen (secondary N) is 2. The highest BCUT2D eigenvalue weighted by Gasteiger charge is 2.04. The molecule has 2 amide bonds. The van der Waals surface area contributed by atoms with E-state index < -0.39 is 5.91 Å². The van der Waals surface area contributed by atoms with E-state index in [1.807, 2.05) is 18.2 Å². The quantitative estimate of drug-likeness (QED) is 0.220. The van der Waals surface area contributed by atoms with E-state index in [9.17, 15) is 9.59 Å². The molecule has 0 radical (unpaired) electrons. The summed E-state index contributed by atoms with van der Waals surface area (Å²) in [4.78, 5) is 23.1. The minimum atomic E-state index is -0.636.